The fourth-order valence-corrected chi connectivity index (χ4v) is 2.90. The monoisotopic (exact) mass is 225 g/mol. The number of rotatable bonds is 5. The SMILES string of the molecule is CCC(CC)(Cn1c(C)ccc1C)SC. The third-order valence-corrected chi connectivity index (χ3v) is 5.16. The summed E-state index contributed by atoms with van der Waals surface area (Å²) in [5.41, 5.74) is 2.76. The topological polar surface area (TPSA) is 4.93 Å². The van der Waals surface area contributed by atoms with Crippen LogP contribution in [-0.4, -0.2) is 15.6 Å². The van der Waals surface area contributed by atoms with Gasteiger partial charge in [-0.25, -0.2) is 0 Å². The van der Waals surface area contributed by atoms with E-state index in [0.717, 1.165) is 6.54 Å². The molecule has 0 aliphatic carbocycles. The molecule has 0 radical (unpaired) electrons. The van der Waals surface area contributed by atoms with E-state index in [-0.39, 0.29) is 0 Å². The Kier molecular flexibility index (Phi) is 4.32. The average Bonchev–Trinajstić information content (AvgIpc) is 2.57. The van der Waals surface area contributed by atoms with Crippen LogP contribution in [-0.2, 0) is 6.54 Å². The molecule has 0 aliphatic rings. The summed E-state index contributed by atoms with van der Waals surface area (Å²) in [5.74, 6) is 0. The molecule has 0 N–H and O–H groups in total. The molecule has 86 valence electrons. The van der Waals surface area contributed by atoms with E-state index < -0.39 is 0 Å². The van der Waals surface area contributed by atoms with Crippen molar-refractivity contribution in [2.75, 3.05) is 6.26 Å². The summed E-state index contributed by atoms with van der Waals surface area (Å²) in [7, 11) is 0. The minimum absolute atomic E-state index is 0.411. The van der Waals surface area contributed by atoms with E-state index >= 15 is 0 Å². The van der Waals surface area contributed by atoms with Crippen LogP contribution in [0.2, 0.25) is 0 Å². The van der Waals surface area contributed by atoms with Crippen LogP contribution in [0.4, 0.5) is 0 Å². The summed E-state index contributed by atoms with van der Waals surface area (Å²) in [6.07, 6.45) is 4.71. The molecular formula is C13H23NS. The molecule has 0 atom stereocenters. The van der Waals surface area contributed by atoms with Crippen molar-refractivity contribution >= 4 is 11.8 Å². The van der Waals surface area contributed by atoms with E-state index in [1.54, 1.807) is 0 Å². The van der Waals surface area contributed by atoms with Crippen molar-refractivity contribution in [3.8, 4) is 0 Å². The lowest BCUT2D eigenvalue weighted by molar-refractivity contribution is 0.457. The van der Waals surface area contributed by atoms with Crippen LogP contribution in [0.5, 0.6) is 0 Å². The van der Waals surface area contributed by atoms with Crippen LogP contribution in [0.1, 0.15) is 38.1 Å². The molecule has 0 aromatic carbocycles. The summed E-state index contributed by atoms with van der Waals surface area (Å²) in [6.45, 7) is 10.1. The van der Waals surface area contributed by atoms with E-state index in [2.05, 4.69) is 50.7 Å². The zero-order valence-corrected chi connectivity index (χ0v) is 11.4. The van der Waals surface area contributed by atoms with Gasteiger partial charge in [-0.3, -0.25) is 0 Å². The molecule has 0 fully saturated rings. The maximum Gasteiger partial charge on any atom is 0.0371 e. The quantitative estimate of drug-likeness (QED) is 0.732. The molecule has 0 saturated heterocycles. The fraction of sp³-hybridized carbons (Fsp3) is 0.692. The number of hydrogen-bond donors (Lipinski definition) is 0. The molecule has 1 rings (SSSR count). The van der Waals surface area contributed by atoms with Gasteiger partial charge in [0.1, 0.15) is 0 Å². The highest BCUT2D eigenvalue weighted by Crippen LogP contribution is 2.33. The first kappa shape index (κ1) is 12.7. The molecular weight excluding hydrogens is 202 g/mol. The third-order valence-electron chi connectivity index (χ3n) is 3.59. The van der Waals surface area contributed by atoms with E-state index in [1.807, 2.05) is 11.8 Å². The minimum atomic E-state index is 0.411. The standard InChI is InChI=1S/C13H23NS/c1-6-13(7-2,15-5)10-14-11(3)8-9-12(14)4/h8-9H,6-7,10H2,1-5H3. The number of aromatic nitrogens is 1. The molecule has 0 saturated carbocycles. The van der Waals surface area contributed by atoms with E-state index in [0.29, 0.717) is 4.75 Å². The lowest BCUT2D eigenvalue weighted by atomic mass is 10.0. The van der Waals surface area contributed by atoms with Gasteiger partial charge < -0.3 is 4.57 Å². The normalized spacial score (nSPS) is 12.1. The van der Waals surface area contributed by atoms with Gasteiger partial charge in [-0.15, -0.1) is 0 Å². The van der Waals surface area contributed by atoms with E-state index in [9.17, 15) is 0 Å². The van der Waals surface area contributed by atoms with Crippen molar-refractivity contribution in [3.63, 3.8) is 0 Å². The molecule has 1 aromatic heterocycles. The number of nitrogens with zero attached hydrogens (tertiary/aromatic N) is 1. The zero-order chi connectivity index (χ0) is 11.5. The minimum Gasteiger partial charge on any atom is -0.348 e. The van der Waals surface area contributed by atoms with Gasteiger partial charge in [0.25, 0.3) is 0 Å². The highest BCUT2D eigenvalue weighted by Gasteiger charge is 2.26. The Balaban J connectivity index is 2.92. The Morgan fingerprint density at radius 2 is 1.60 bits per heavy atom. The molecule has 1 nitrogen and oxygen atoms in total. The second kappa shape index (κ2) is 5.11. The molecule has 0 amide bonds. The predicted octanol–water partition coefficient (Wildman–Crippen LogP) is 4.03. The van der Waals surface area contributed by atoms with Crippen LogP contribution in [0.3, 0.4) is 0 Å². The van der Waals surface area contributed by atoms with Gasteiger partial charge in [-0.05, 0) is 45.1 Å². The molecule has 15 heavy (non-hydrogen) atoms. The summed E-state index contributed by atoms with van der Waals surface area (Å²) >= 11 is 2.01. The Hall–Kier alpha value is -0.370. The first-order valence-corrected chi connectivity index (χ1v) is 6.99. The summed E-state index contributed by atoms with van der Waals surface area (Å²) in [6, 6.07) is 4.43. The van der Waals surface area contributed by atoms with Crippen LogP contribution >= 0.6 is 11.8 Å². The molecule has 0 unspecified atom stereocenters. The molecule has 1 heterocycles. The van der Waals surface area contributed by atoms with Gasteiger partial charge in [0.15, 0.2) is 0 Å². The van der Waals surface area contributed by atoms with Gasteiger partial charge >= 0.3 is 0 Å². The predicted molar refractivity (Wildman–Crippen MR) is 70.7 cm³/mol. The van der Waals surface area contributed by atoms with Crippen molar-refractivity contribution in [2.45, 2.75) is 51.8 Å². The molecule has 2 heteroatoms. The number of hydrogen-bond acceptors (Lipinski definition) is 1. The van der Waals surface area contributed by atoms with Crippen LogP contribution in [0.15, 0.2) is 12.1 Å². The van der Waals surface area contributed by atoms with Crippen LogP contribution in [0.25, 0.3) is 0 Å². The maximum atomic E-state index is 2.45. The third kappa shape index (κ3) is 2.60. The highest BCUT2D eigenvalue weighted by molar-refractivity contribution is 8.00. The highest BCUT2D eigenvalue weighted by atomic mass is 32.2. The number of aryl methyl sites for hydroxylation is 2. The van der Waals surface area contributed by atoms with Gasteiger partial charge in [0, 0.05) is 22.7 Å². The average molecular weight is 225 g/mol. The fourth-order valence-electron chi connectivity index (χ4n) is 2.06. The Morgan fingerprint density at radius 1 is 1.13 bits per heavy atom. The van der Waals surface area contributed by atoms with Gasteiger partial charge in [0.2, 0.25) is 0 Å². The first-order valence-electron chi connectivity index (χ1n) is 5.76. The van der Waals surface area contributed by atoms with Gasteiger partial charge in [-0.2, -0.15) is 11.8 Å². The van der Waals surface area contributed by atoms with Gasteiger partial charge in [0.05, 0.1) is 0 Å². The lowest BCUT2D eigenvalue weighted by Crippen LogP contribution is -2.29. The first-order chi connectivity index (χ1) is 7.08. The van der Waals surface area contributed by atoms with Crippen molar-refractivity contribution < 1.29 is 0 Å². The maximum absolute atomic E-state index is 2.45. The molecule has 1 aromatic rings. The molecule has 0 spiro atoms. The molecule has 0 bridgehead atoms. The van der Waals surface area contributed by atoms with Crippen LogP contribution < -0.4 is 0 Å². The number of thioether (sulfide) groups is 1. The summed E-state index contributed by atoms with van der Waals surface area (Å²) in [4.78, 5) is 0. The van der Waals surface area contributed by atoms with Crippen molar-refractivity contribution in [3.05, 3.63) is 23.5 Å². The Morgan fingerprint density at radius 3 is 1.93 bits per heavy atom. The lowest BCUT2D eigenvalue weighted by Gasteiger charge is -2.31. The van der Waals surface area contributed by atoms with E-state index in [4.69, 9.17) is 0 Å². The Bertz CT molecular complexity index is 283. The van der Waals surface area contributed by atoms with E-state index in [1.165, 1.54) is 24.2 Å². The second-order valence-electron chi connectivity index (χ2n) is 4.30. The second-order valence-corrected chi connectivity index (χ2v) is 5.57. The summed E-state index contributed by atoms with van der Waals surface area (Å²) < 4.78 is 2.86. The smallest absolute Gasteiger partial charge is 0.0371 e. The Labute approximate surface area is 98.3 Å². The zero-order valence-electron chi connectivity index (χ0n) is 10.6. The summed E-state index contributed by atoms with van der Waals surface area (Å²) in [5, 5.41) is 0. The van der Waals surface area contributed by atoms with Crippen LogP contribution in [0, 0.1) is 13.8 Å². The van der Waals surface area contributed by atoms with Crippen molar-refractivity contribution in [1.29, 1.82) is 0 Å². The van der Waals surface area contributed by atoms with Crippen molar-refractivity contribution in [2.24, 2.45) is 0 Å². The van der Waals surface area contributed by atoms with Gasteiger partial charge in [-0.1, -0.05) is 13.8 Å². The molecule has 0 aliphatic heterocycles. The van der Waals surface area contributed by atoms with Crippen molar-refractivity contribution in [1.82, 2.24) is 4.57 Å². The largest absolute Gasteiger partial charge is 0.348 e.